The van der Waals surface area contributed by atoms with Gasteiger partial charge in [-0.05, 0) is 57.4 Å². The van der Waals surface area contributed by atoms with E-state index in [1.54, 1.807) is 39.0 Å². The van der Waals surface area contributed by atoms with Crippen LogP contribution in [0.25, 0.3) is 11.1 Å². The van der Waals surface area contributed by atoms with Gasteiger partial charge < -0.3 is 15.4 Å². The molecular weight excluding hydrogens is 423 g/mol. The molecule has 1 aliphatic rings. The zero-order chi connectivity index (χ0) is 23.0. The first kappa shape index (κ1) is 22.7. The van der Waals surface area contributed by atoms with Gasteiger partial charge in [0.05, 0.1) is 10.6 Å². The molecule has 0 unspecified atom stereocenters. The summed E-state index contributed by atoms with van der Waals surface area (Å²) in [6, 6.07) is 10.4. The highest BCUT2D eigenvalue weighted by Crippen LogP contribution is 2.37. The minimum absolute atomic E-state index is 0.0668. The smallest absolute Gasteiger partial charge is 0.408 e. The second-order valence-corrected chi connectivity index (χ2v) is 10.6. The van der Waals surface area contributed by atoms with E-state index in [4.69, 9.17) is 4.74 Å². The largest absolute Gasteiger partial charge is 0.444 e. The third kappa shape index (κ3) is 5.41. The lowest BCUT2D eigenvalue weighted by molar-refractivity contribution is -0.119. The zero-order valence-electron chi connectivity index (χ0n) is 17.8. The Labute approximate surface area is 180 Å². The van der Waals surface area contributed by atoms with Gasteiger partial charge in [0.15, 0.2) is 9.84 Å². The summed E-state index contributed by atoms with van der Waals surface area (Å²) in [6.45, 7) is 5.14. The first-order chi connectivity index (χ1) is 14.3. The van der Waals surface area contributed by atoms with Crippen molar-refractivity contribution in [2.45, 2.75) is 49.6 Å². The van der Waals surface area contributed by atoms with Crippen molar-refractivity contribution in [3.8, 4) is 11.1 Å². The topological polar surface area (TPSA) is 102 Å². The normalized spacial score (nSPS) is 15.1. The summed E-state index contributed by atoms with van der Waals surface area (Å²) in [5, 5.41) is 5.06. The lowest BCUT2D eigenvalue weighted by Crippen LogP contribution is -2.48. The number of carbonyl (C=O) groups is 2. The van der Waals surface area contributed by atoms with Crippen LogP contribution in [0.1, 0.15) is 33.6 Å². The molecule has 2 N–H and O–H groups in total. The Kier molecular flexibility index (Phi) is 5.84. The maximum atomic E-state index is 14.7. The fourth-order valence-electron chi connectivity index (χ4n) is 3.09. The number of amides is 2. The number of hydrogen-bond donors (Lipinski definition) is 2. The predicted molar refractivity (Wildman–Crippen MR) is 115 cm³/mol. The highest BCUT2D eigenvalue weighted by Gasteiger charge is 2.52. The lowest BCUT2D eigenvalue weighted by Gasteiger charge is -2.23. The van der Waals surface area contributed by atoms with Crippen molar-refractivity contribution in [2.24, 2.45) is 0 Å². The van der Waals surface area contributed by atoms with Gasteiger partial charge in [-0.25, -0.2) is 17.6 Å². The van der Waals surface area contributed by atoms with E-state index in [0.717, 1.165) is 6.26 Å². The molecule has 2 amide bonds. The van der Waals surface area contributed by atoms with Crippen LogP contribution in [-0.2, 0) is 19.4 Å². The molecule has 1 fully saturated rings. The molecule has 9 heteroatoms. The molecule has 166 valence electrons. The number of alkyl carbamates (subject to hydrolysis) is 1. The summed E-state index contributed by atoms with van der Waals surface area (Å²) in [5.74, 6) is -1.26. The first-order valence-corrected chi connectivity index (χ1v) is 11.6. The second-order valence-electron chi connectivity index (χ2n) is 8.63. The SMILES string of the molecule is CC(C)(C)OC(=O)NC1(C(=O)Nc2ccc(-c3ccccc3S(C)(=O)=O)cc2F)CC1. The van der Waals surface area contributed by atoms with Crippen LogP contribution >= 0.6 is 0 Å². The minimum Gasteiger partial charge on any atom is -0.444 e. The molecule has 0 bridgehead atoms. The summed E-state index contributed by atoms with van der Waals surface area (Å²) in [6.07, 6.45) is 1.20. The number of carbonyl (C=O) groups excluding carboxylic acids is 2. The predicted octanol–water partition coefficient (Wildman–Crippen LogP) is 3.89. The number of hydrogen-bond acceptors (Lipinski definition) is 5. The molecule has 1 aliphatic carbocycles. The second kappa shape index (κ2) is 7.96. The van der Waals surface area contributed by atoms with Crippen LogP contribution in [0.3, 0.4) is 0 Å². The highest BCUT2D eigenvalue weighted by atomic mass is 32.2. The van der Waals surface area contributed by atoms with Crippen LogP contribution in [0.15, 0.2) is 47.4 Å². The van der Waals surface area contributed by atoms with Gasteiger partial charge in [-0.15, -0.1) is 0 Å². The molecule has 0 radical (unpaired) electrons. The third-order valence-corrected chi connectivity index (χ3v) is 5.89. The summed E-state index contributed by atoms with van der Waals surface area (Å²) in [5.41, 5.74) is -1.17. The van der Waals surface area contributed by atoms with E-state index in [9.17, 15) is 22.4 Å². The number of rotatable bonds is 5. The molecule has 1 saturated carbocycles. The summed E-state index contributed by atoms with van der Waals surface area (Å²) >= 11 is 0. The Balaban J connectivity index is 1.78. The molecule has 2 aromatic rings. The Morgan fingerprint density at radius 2 is 1.74 bits per heavy atom. The van der Waals surface area contributed by atoms with Crippen LogP contribution in [-0.4, -0.2) is 37.8 Å². The monoisotopic (exact) mass is 448 g/mol. The van der Waals surface area contributed by atoms with Gasteiger partial charge in [0, 0.05) is 11.8 Å². The van der Waals surface area contributed by atoms with E-state index in [-0.39, 0.29) is 10.6 Å². The van der Waals surface area contributed by atoms with Crippen LogP contribution in [0.4, 0.5) is 14.9 Å². The lowest BCUT2D eigenvalue weighted by atomic mass is 10.0. The number of halogens is 1. The van der Waals surface area contributed by atoms with Gasteiger partial charge in [0.1, 0.15) is 17.0 Å². The van der Waals surface area contributed by atoms with Crippen molar-refractivity contribution in [3.05, 3.63) is 48.3 Å². The zero-order valence-corrected chi connectivity index (χ0v) is 18.6. The Bertz CT molecular complexity index is 1130. The maximum Gasteiger partial charge on any atom is 0.408 e. The van der Waals surface area contributed by atoms with E-state index in [1.165, 1.54) is 24.3 Å². The van der Waals surface area contributed by atoms with Crippen molar-refractivity contribution >= 4 is 27.5 Å². The minimum atomic E-state index is -3.50. The number of benzene rings is 2. The molecule has 0 atom stereocenters. The van der Waals surface area contributed by atoms with Crippen molar-refractivity contribution in [1.82, 2.24) is 5.32 Å². The van der Waals surface area contributed by atoms with E-state index in [0.29, 0.717) is 24.0 Å². The highest BCUT2D eigenvalue weighted by molar-refractivity contribution is 7.90. The number of anilines is 1. The van der Waals surface area contributed by atoms with Gasteiger partial charge in [-0.2, -0.15) is 0 Å². The summed E-state index contributed by atoms with van der Waals surface area (Å²) in [4.78, 5) is 24.8. The van der Waals surface area contributed by atoms with Gasteiger partial charge in [0.25, 0.3) is 0 Å². The molecule has 2 aromatic carbocycles. The molecule has 0 saturated heterocycles. The number of ether oxygens (including phenoxy) is 1. The molecule has 0 aliphatic heterocycles. The van der Waals surface area contributed by atoms with Crippen LogP contribution in [0.2, 0.25) is 0 Å². The summed E-state index contributed by atoms with van der Waals surface area (Å²) in [7, 11) is -3.50. The average molecular weight is 449 g/mol. The molecule has 0 aromatic heterocycles. The summed E-state index contributed by atoms with van der Waals surface area (Å²) < 4.78 is 44.0. The number of nitrogens with one attached hydrogen (secondary N) is 2. The van der Waals surface area contributed by atoms with Gasteiger partial charge >= 0.3 is 6.09 Å². The van der Waals surface area contributed by atoms with Gasteiger partial charge in [-0.1, -0.05) is 24.3 Å². The van der Waals surface area contributed by atoms with Crippen LogP contribution in [0, 0.1) is 5.82 Å². The maximum absolute atomic E-state index is 14.7. The Morgan fingerprint density at radius 1 is 1.10 bits per heavy atom. The third-order valence-electron chi connectivity index (χ3n) is 4.74. The van der Waals surface area contributed by atoms with Crippen molar-refractivity contribution < 1.29 is 27.1 Å². The van der Waals surface area contributed by atoms with Crippen molar-refractivity contribution in [3.63, 3.8) is 0 Å². The fourth-order valence-corrected chi connectivity index (χ4v) is 4.00. The van der Waals surface area contributed by atoms with Gasteiger partial charge in [0.2, 0.25) is 5.91 Å². The number of sulfone groups is 1. The van der Waals surface area contributed by atoms with E-state index < -0.39 is 38.8 Å². The molecule has 31 heavy (non-hydrogen) atoms. The van der Waals surface area contributed by atoms with Crippen molar-refractivity contribution in [1.29, 1.82) is 0 Å². The van der Waals surface area contributed by atoms with Gasteiger partial charge in [-0.3, -0.25) is 4.79 Å². The fraction of sp³-hybridized carbons (Fsp3) is 0.364. The molecular formula is C22H25FN2O5S. The first-order valence-electron chi connectivity index (χ1n) is 9.72. The Hall–Kier alpha value is -2.94. The van der Waals surface area contributed by atoms with E-state index >= 15 is 0 Å². The quantitative estimate of drug-likeness (QED) is 0.723. The molecule has 0 heterocycles. The average Bonchev–Trinajstić information content (AvgIpc) is 3.41. The molecule has 0 spiro atoms. The van der Waals surface area contributed by atoms with E-state index in [2.05, 4.69) is 10.6 Å². The molecule has 3 rings (SSSR count). The Morgan fingerprint density at radius 3 is 2.29 bits per heavy atom. The standard InChI is InChI=1S/C22H25FN2O5S/c1-21(2,3)30-20(27)25-22(11-12-22)19(26)24-17-10-9-14(13-16(17)23)15-7-5-6-8-18(15)31(4,28)29/h5-10,13H,11-12H2,1-4H3,(H,24,26)(H,25,27). The van der Waals surface area contributed by atoms with Crippen molar-refractivity contribution in [2.75, 3.05) is 11.6 Å². The van der Waals surface area contributed by atoms with Crippen LogP contribution < -0.4 is 10.6 Å². The van der Waals surface area contributed by atoms with Crippen LogP contribution in [0.5, 0.6) is 0 Å². The molecule has 7 nitrogen and oxygen atoms in total. The van der Waals surface area contributed by atoms with E-state index in [1.807, 2.05) is 0 Å².